The normalized spacial score (nSPS) is 10.6. The van der Waals surface area contributed by atoms with Crippen LogP contribution < -0.4 is 19.6 Å². The van der Waals surface area contributed by atoms with Crippen LogP contribution in [0.5, 0.6) is 80.5 Å². The number of para-hydroxylation sites is 4. The van der Waals surface area contributed by atoms with Gasteiger partial charge in [0.2, 0.25) is 0 Å². The molecular weight excluding hydrogens is 1760 g/mol. The van der Waals surface area contributed by atoms with Crippen LogP contribution in [0.4, 0.5) is 11.4 Å². The molecule has 0 amide bonds. The fourth-order valence-electron chi connectivity index (χ4n) is 11.2. The molecule has 0 aliphatic heterocycles. The Morgan fingerprint density at radius 2 is 0.765 bits per heavy atom. The minimum Gasteiger partial charge on any atom is -0.707 e. The van der Waals surface area contributed by atoms with Gasteiger partial charge >= 0.3 is 5.97 Å². The van der Waals surface area contributed by atoms with E-state index in [0.717, 1.165) is 56.2 Å². The molecule has 0 saturated carbocycles. The van der Waals surface area contributed by atoms with Crippen LogP contribution >= 0.6 is 0 Å². The van der Waals surface area contributed by atoms with Gasteiger partial charge in [-0.15, -0.1) is 0 Å². The molecule has 35 nitrogen and oxygen atoms in total. The Bertz CT molecular complexity index is 7230. The summed E-state index contributed by atoms with van der Waals surface area (Å²) in [6.45, 7) is 1.82. The van der Waals surface area contributed by atoms with E-state index >= 15 is 0 Å². The van der Waals surface area contributed by atoms with Crippen molar-refractivity contribution >= 4 is 114 Å². The Morgan fingerprint density at radius 1 is 0.404 bits per heavy atom. The van der Waals surface area contributed by atoms with E-state index in [1.807, 2.05) is 159 Å². The zero-order valence-corrected chi connectivity index (χ0v) is 73.9. The summed E-state index contributed by atoms with van der Waals surface area (Å²) in [5.41, 5.74) is 12.0. The average Bonchev–Trinajstić information content (AvgIpc) is 1.36. The first kappa shape index (κ1) is 105. The van der Waals surface area contributed by atoms with Crippen molar-refractivity contribution in [1.29, 1.82) is 47.4 Å². The van der Waals surface area contributed by atoms with Gasteiger partial charge in [0.25, 0.3) is 15.9 Å². The lowest BCUT2D eigenvalue weighted by molar-refractivity contribution is -0.647. The zero-order valence-electron chi connectivity index (χ0n) is 73.0. The number of hydrogen-bond acceptors (Lipinski definition) is 32. The molecule has 13 aromatic rings. The summed E-state index contributed by atoms with van der Waals surface area (Å²) < 4.78 is 28.2. The minimum atomic E-state index is -3.72. The SMILES string of the molecule is CCOC(=O)/C(C#N)=C/c1ccc(O)c(O)c1.CN(C)c1ccc(/C(C#N)=C/c2ccc(O)c(O)c2)cc1.CN(C)c1ccc(/C=C/c2ccc(O)c(O)c2)cc1.CS(=O)(=O)O[O-].C[n+]1c(/C(C#N)=C/c2ccc(O)c(O)c2)[nH]c2ccccc21.N#C/C(=C\c1ccc(O)c(O)c1)c1nc2ccccc2[nH]1.N#CC(C#N)=C(C#N)c1ccc(O)c(O)c1.N#CC(C#N)=Cc1ccc(O)c(O)c1. The topological polar surface area (TPSA) is 645 Å². The number of nitriles is 9. The summed E-state index contributed by atoms with van der Waals surface area (Å²) >= 11 is 0. The number of carbonyl (C=O) groups is 1. The maximum atomic E-state index is 11.3. The molecule has 0 unspecified atom stereocenters. The van der Waals surface area contributed by atoms with Crippen molar-refractivity contribution in [3.05, 3.63) is 303 Å². The zero-order chi connectivity index (χ0) is 100. The predicted octanol–water partition coefficient (Wildman–Crippen LogP) is 14.8. The maximum absolute atomic E-state index is 11.3. The first-order chi connectivity index (χ1) is 64.8. The number of benzene rings is 11. The van der Waals surface area contributed by atoms with Crippen molar-refractivity contribution in [3.63, 3.8) is 0 Å². The number of phenolic OH excluding ortho intramolecular Hbond substituents is 14. The number of imidazole rings is 2. The molecule has 11 aromatic carbocycles. The number of hydrogen-bond donors (Lipinski definition) is 16. The molecule has 0 bridgehead atoms. The molecule has 0 fully saturated rings. The van der Waals surface area contributed by atoms with Crippen molar-refractivity contribution < 1.29 is 104 Å². The Balaban J connectivity index is 0.000000242. The highest BCUT2D eigenvalue weighted by molar-refractivity contribution is 7.85. The number of fused-ring (bicyclic) bond motifs is 2. The van der Waals surface area contributed by atoms with E-state index in [4.69, 9.17) is 57.3 Å². The summed E-state index contributed by atoms with van der Waals surface area (Å²) in [7, 11) is 6.08. The van der Waals surface area contributed by atoms with Crippen LogP contribution in [0.2, 0.25) is 0 Å². The van der Waals surface area contributed by atoms with Gasteiger partial charge in [0.15, 0.2) is 91.5 Å². The number of nitrogens with zero attached hydrogens (tertiary/aromatic N) is 13. The Morgan fingerprint density at radius 3 is 1.15 bits per heavy atom. The van der Waals surface area contributed by atoms with Gasteiger partial charge in [-0.2, -0.15) is 47.4 Å². The highest BCUT2D eigenvalue weighted by Crippen LogP contribution is 2.35. The van der Waals surface area contributed by atoms with Crippen LogP contribution in [0.25, 0.3) is 86.9 Å². The lowest BCUT2D eigenvalue weighted by Gasteiger charge is -2.12. The van der Waals surface area contributed by atoms with Gasteiger partial charge in [-0.3, -0.25) is 0 Å². The Labute approximate surface area is 778 Å². The summed E-state index contributed by atoms with van der Waals surface area (Å²) in [5.74, 6) is -2.87. The summed E-state index contributed by atoms with van der Waals surface area (Å²) in [5, 5.41) is 219. The quantitative estimate of drug-likeness (QED) is 0.00624. The molecule has 36 heteroatoms. The number of H-pyrrole nitrogens is 2. The summed E-state index contributed by atoms with van der Waals surface area (Å²) in [6.07, 6.45) is 12.1. The highest BCUT2D eigenvalue weighted by Gasteiger charge is 2.21. The second-order valence-corrected chi connectivity index (χ2v) is 29.7. The van der Waals surface area contributed by atoms with Crippen molar-refractivity contribution in [2.45, 2.75) is 6.92 Å². The number of aromatic nitrogens is 4. The highest BCUT2D eigenvalue weighted by atomic mass is 32.2. The van der Waals surface area contributed by atoms with Crippen LogP contribution in [0.3, 0.4) is 0 Å². The van der Waals surface area contributed by atoms with Gasteiger partial charge in [-0.25, -0.2) is 27.7 Å². The number of nitrogens with one attached hydrogen (secondary N) is 2. The third kappa shape index (κ3) is 31.8. The van der Waals surface area contributed by atoms with Crippen molar-refractivity contribution in [3.8, 4) is 135 Å². The Hall–Kier alpha value is -19.9. The molecule has 0 aliphatic carbocycles. The number of allylic oxidation sites excluding steroid dienone is 6. The number of carbonyl (C=O) groups excluding carboxylic acids is 1. The maximum Gasteiger partial charge on any atom is 0.348 e. The van der Waals surface area contributed by atoms with Crippen LogP contribution in [0.15, 0.2) is 241 Å². The van der Waals surface area contributed by atoms with E-state index in [-0.39, 0.29) is 109 Å². The van der Waals surface area contributed by atoms with E-state index in [1.165, 1.54) is 109 Å². The Kier molecular flexibility index (Phi) is 39.5. The van der Waals surface area contributed by atoms with Crippen molar-refractivity contribution in [1.82, 2.24) is 15.0 Å². The number of aromatic amines is 2. The fraction of sp³-hybridized carbons (Fsp3) is 0.0800. The minimum absolute atomic E-state index is 0.0601. The number of phenols is 14. The van der Waals surface area contributed by atoms with Gasteiger partial charge < -0.3 is 101 Å². The van der Waals surface area contributed by atoms with E-state index in [2.05, 4.69) is 42.2 Å². The first-order valence-corrected chi connectivity index (χ1v) is 41.0. The molecule has 2 heterocycles. The number of anilines is 2. The van der Waals surface area contributed by atoms with Crippen LogP contribution in [-0.2, 0) is 31.0 Å². The smallest absolute Gasteiger partial charge is 0.348 e. The molecule has 0 spiro atoms. The second-order valence-electron chi connectivity index (χ2n) is 28.1. The molecule has 0 aliphatic rings. The fourth-order valence-corrected chi connectivity index (χ4v) is 11.2. The molecule has 684 valence electrons. The lowest BCUT2D eigenvalue weighted by Crippen LogP contribution is -2.31. The molecule has 13 rings (SSSR count). The first-order valence-electron chi connectivity index (χ1n) is 39.2. The predicted molar refractivity (Wildman–Crippen MR) is 504 cm³/mol. The van der Waals surface area contributed by atoms with E-state index in [0.29, 0.717) is 62.4 Å². The van der Waals surface area contributed by atoms with Gasteiger partial charge in [-0.05, 0) is 227 Å². The number of aryl methyl sites for hydroxylation is 1. The van der Waals surface area contributed by atoms with Crippen LogP contribution in [0.1, 0.15) is 68.6 Å². The number of ether oxygens (including phenoxy) is 1. The monoisotopic (exact) mass is 1850 g/mol. The molecule has 0 saturated heterocycles. The standard InChI is InChI=1S/C17H13N3O2.C17H16N2O2.C16H11N3O2.C16H17NO2.C12H11NO4.C11H5N3O2.C10H6N2O2.CH4O4S/c1-20-14-5-3-2-4-13(14)19-17(20)12(10-18)8-11-6-7-15(21)16(22)9-11;1-19(2)15-6-4-13(5-7-15)14(11-18)9-12-3-8-16(20)17(21)10-12;17-9-11(7-10-5-6-14(20)15(21)8-10)16-18-12-3-1-2-4-13(12)19-16;1-17(2)14-8-5-12(6-9-14)3-4-13-7-10-15(18)16(19)11-13;1-2-17-12(16)9(7-13)5-8-3-4-10(14)11(15)6-8;12-4-8(5-13)9(6-14)7-1-2-10(15)11(16)3-7;11-5-8(6-12)3-7-1-2-9(13)10(14)4-7;1-6(3,4)5-2/h2-9H,1H3,(H2,19,21,22);3-10,20-21H,1-2H3;1-8,20-21H,(H,18,19);3-11,18-19H,1-2H3;3-6,14-15H,2H2,1H3;1-3,15-16H;1-4,13-14H;2H,1H3/b;14-9+;11-7+;4-3+;9-5+;;;. The second kappa shape index (κ2) is 51.2. The average molecular weight is 1850 g/mol. The summed E-state index contributed by atoms with van der Waals surface area (Å²) in [6, 6.07) is 77.1. The molecule has 0 atom stereocenters. The third-order valence-electron chi connectivity index (χ3n) is 18.1. The third-order valence-corrected chi connectivity index (χ3v) is 18.3. The lowest BCUT2D eigenvalue weighted by atomic mass is 10.0. The molecule has 2 aromatic heterocycles. The largest absolute Gasteiger partial charge is 0.707 e. The van der Waals surface area contributed by atoms with E-state index < -0.39 is 21.8 Å². The van der Waals surface area contributed by atoms with Crippen molar-refractivity contribution in [2.24, 2.45) is 7.05 Å². The van der Waals surface area contributed by atoms with Crippen molar-refractivity contribution in [2.75, 3.05) is 50.9 Å². The van der Waals surface area contributed by atoms with Gasteiger partial charge in [0.05, 0.1) is 53.7 Å². The van der Waals surface area contributed by atoms with E-state index in [9.17, 15) is 80.1 Å². The van der Waals surface area contributed by atoms with Crippen LogP contribution in [-0.4, -0.2) is 142 Å². The van der Waals surface area contributed by atoms with Gasteiger partial charge in [0.1, 0.15) is 76.7 Å². The number of aromatic hydroxyl groups is 14. The summed E-state index contributed by atoms with van der Waals surface area (Å²) in [4.78, 5) is 26.0. The molecule has 136 heavy (non-hydrogen) atoms. The molecular formula is C100H83N15O20S. The molecule has 16 N–H and O–H groups in total. The van der Waals surface area contributed by atoms with E-state index in [1.54, 1.807) is 85.8 Å². The molecule has 0 radical (unpaired) electrons. The number of rotatable bonds is 16. The van der Waals surface area contributed by atoms with Gasteiger partial charge in [-0.1, -0.05) is 97.1 Å². The number of esters is 1. The van der Waals surface area contributed by atoms with Crippen LogP contribution in [0, 0.1) is 102 Å². The van der Waals surface area contributed by atoms with Gasteiger partial charge in [0, 0.05) is 39.6 Å².